The van der Waals surface area contributed by atoms with Crippen molar-refractivity contribution in [1.82, 2.24) is 0 Å². The molecule has 0 aromatic heterocycles. The lowest BCUT2D eigenvalue weighted by Gasteiger charge is -1.95. The number of phenols is 1. The summed E-state index contributed by atoms with van der Waals surface area (Å²) in [6.07, 6.45) is 7.01. The lowest BCUT2D eigenvalue weighted by molar-refractivity contribution is 0.0694. The summed E-state index contributed by atoms with van der Waals surface area (Å²) in [6.45, 7) is 4.49. The van der Waals surface area contributed by atoms with Crippen LogP contribution in [-0.2, 0) is 0 Å². The first-order chi connectivity index (χ1) is 8.13. The van der Waals surface area contributed by atoms with Crippen LogP contribution in [0, 0.1) is 0 Å². The topological polar surface area (TPSA) is 57.5 Å². The molecule has 96 valence electrons. The first-order valence-electron chi connectivity index (χ1n) is 6.14. The van der Waals surface area contributed by atoms with Crippen molar-refractivity contribution in [3.8, 4) is 5.75 Å². The fourth-order valence-corrected chi connectivity index (χ4v) is 1.33. The fourth-order valence-electron chi connectivity index (χ4n) is 1.33. The number of unbranched alkanes of at least 4 members (excludes halogenated alkanes) is 4. The van der Waals surface area contributed by atoms with Crippen molar-refractivity contribution in [2.75, 3.05) is 0 Å². The summed E-state index contributed by atoms with van der Waals surface area (Å²) in [5.41, 5.74) is -0.0671. The zero-order valence-corrected chi connectivity index (χ0v) is 10.6. The van der Waals surface area contributed by atoms with E-state index in [-0.39, 0.29) is 11.3 Å². The molecule has 0 fully saturated rings. The van der Waals surface area contributed by atoms with Crippen LogP contribution in [0.15, 0.2) is 24.3 Å². The Balaban J connectivity index is 0.000000325. The maximum Gasteiger partial charge on any atom is 0.339 e. The number of aromatic hydroxyl groups is 1. The number of carboxylic acids is 1. The average Bonchev–Trinajstić information content (AvgIpc) is 2.31. The Morgan fingerprint density at radius 3 is 1.94 bits per heavy atom. The Labute approximate surface area is 103 Å². The number of carboxylic acid groups (broad SMARTS) is 1. The lowest BCUT2D eigenvalue weighted by atomic mass is 10.2. The molecule has 0 saturated heterocycles. The molecule has 1 aromatic rings. The molecule has 1 aromatic carbocycles. The molecule has 17 heavy (non-hydrogen) atoms. The van der Waals surface area contributed by atoms with Gasteiger partial charge in [0.2, 0.25) is 0 Å². The van der Waals surface area contributed by atoms with Gasteiger partial charge in [-0.3, -0.25) is 0 Å². The molecule has 2 N–H and O–H groups in total. The minimum atomic E-state index is -1.11. The second-order valence-electron chi connectivity index (χ2n) is 3.88. The highest BCUT2D eigenvalue weighted by atomic mass is 16.4. The number of carbonyl (C=O) groups is 1. The van der Waals surface area contributed by atoms with Gasteiger partial charge in [0.05, 0.1) is 0 Å². The average molecular weight is 238 g/mol. The molecule has 3 heteroatoms. The molecule has 0 amide bonds. The molecule has 0 aliphatic carbocycles. The van der Waals surface area contributed by atoms with Gasteiger partial charge in [-0.15, -0.1) is 0 Å². The van der Waals surface area contributed by atoms with Gasteiger partial charge < -0.3 is 10.2 Å². The quantitative estimate of drug-likeness (QED) is 0.760. The van der Waals surface area contributed by atoms with E-state index in [4.69, 9.17) is 10.2 Å². The van der Waals surface area contributed by atoms with E-state index in [1.54, 1.807) is 12.1 Å². The van der Waals surface area contributed by atoms with E-state index >= 15 is 0 Å². The Morgan fingerprint density at radius 1 is 1.06 bits per heavy atom. The summed E-state index contributed by atoms with van der Waals surface area (Å²) in [5, 5.41) is 17.3. The van der Waals surface area contributed by atoms with Crippen LogP contribution in [0.3, 0.4) is 0 Å². The highest BCUT2D eigenvalue weighted by Gasteiger charge is 2.05. The largest absolute Gasteiger partial charge is 0.507 e. The van der Waals surface area contributed by atoms with E-state index in [1.165, 1.54) is 44.2 Å². The second kappa shape index (κ2) is 9.70. The molecule has 0 heterocycles. The van der Waals surface area contributed by atoms with Crippen LogP contribution in [0.25, 0.3) is 0 Å². The van der Waals surface area contributed by atoms with Crippen molar-refractivity contribution in [2.45, 2.75) is 46.0 Å². The number of hydrogen-bond acceptors (Lipinski definition) is 2. The Hall–Kier alpha value is -1.51. The molecule has 0 aliphatic heterocycles. The smallest absolute Gasteiger partial charge is 0.339 e. The predicted molar refractivity (Wildman–Crippen MR) is 69.5 cm³/mol. The van der Waals surface area contributed by atoms with Crippen molar-refractivity contribution in [2.24, 2.45) is 0 Å². The molecule has 0 aliphatic rings. The number of hydrogen-bond donors (Lipinski definition) is 2. The monoisotopic (exact) mass is 238 g/mol. The summed E-state index contributed by atoms with van der Waals surface area (Å²) in [6, 6.07) is 5.81. The van der Waals surface area contributed by atoms with Gasteiger partial charge in [-0.25, -0.2) is 4.79 Å². The molecule has 0 bridgehead atoms. The number of para-hydroxylation sites is 1. The van der Waals surface area contributed by atoms with Crippen molar-refractivity contribution in [3.63, 3.8) is 0 Å². The summed E-state index contributed by atoms with van der Waals surface area (Å²) < 4.78 is 0. The highest BCUT2D eigenvalue weighted by Crippen LogP contribution is 2.14. The van der Waals surface area contributed by atoms with Crippen LogP contribution in [0.5, 0.6) is 5.75 Å². The van der Waals surface area contributed by atoms with Crippen LogP contribution in [-0.4, -0.2) is 16.2 Å². The maximum atomic E-state index is 10.3. The van der Waals surface area contributed by atoms with E-state index in [0.29, 0.717) is 0 Å². The van der Waals surface area contributed by atoms with Gasteiger partial charge in [-0.1, -0.05) is 58.1 Å². The molecule has 0 saturated carbocycles. The third kappa shape index (κ3) is 7.39. The minimum Gasteiger partial charge on any atom is -0.507 e. The van der Waals surface area contributed by atoms with Gasteiger partial charge in [0.1, 0.15) is 11.3 Å². The zero-order chi connectivity index (χ0) is 13.1. The highest BCUT2D eigenvalue weighted by molar-refractivity contribution is 5.90. The molecule has 0 radical (unpaired) electrons. The molecule has 0 spiro atoms. The Morgan fingerprint density at radius 2 is 1.59 bits per heavy atom. The van der Waals surface area contributed by atoms with Crippen molar-refractivity contribution in [1.29, 1.82) is 0 Å². The van der Waals surface area contributed by atoms with Gasteiger partial charge in [0, 0.05) is 0 Å². The maximum absolute atomic E-state index is 10.3. The fraction of sp³-hybridized carbons (Fsp3) is 0.500. The van der Waals surface area contributed by atoms with Crippen molar-refractivity contribution >= 4 is 5.97 Å². The normalized spacial score (nSPS) is 9.29. The summed E-state index contributed by atoms with van der Waals surface area (Å²) in [4.78, 5) is 10.3. The van der Waals surface area contributed by atoms with E-state index in [1.807, 2.05) is 0 Å². The van der Waals surface area contributed by atoms with E-state index in [0.717, 1.165) is 0 Å². The summed E-state index contributed by atoms with van der Waals surface area (Å²) in [5.74, 6) is -1.31. The number of aromatic carboxylic acids is 1. The van der Waals surface area contributed by atoms with Gasteiger partial charge in [-0.05, 0) is 12.1 Å². The molecular formula is C14H22O3. The third-order valence-corrected chi connectivity index (χ3v) is 2.34. The summed E-state index contributed by atoms with van der Waals surface area (Å²) >= 11 is 0. The predicted octanol–water partition coefficient (Wildman–Crippen LogP) is 4.07. The van der Waals surface area contributed by atoms with E-state index in [2.05, 4.69) is 13.8 Å². The molecule has 3 nitrogen and oxygen atoms in total. The van der Waals surface area contributed by atoms with Gasteiger partial charge in [0.25, 0.3) is 0 Å². The second-order valence-corrected chi connectivity index (χ2v) is 3.88. The summed E-state index contributed by atoms with van der Waals surface area (Å²) in [7, 11) is 0. The Bertz CT molecular complexity index is 317. The van der Waals surface area contributed by atoms with Crippen LogP contribution in [0.4, 0.5) is 0 Å². The van der Waals surface area contributed by atoms with Gasteiger partial charge >= 0.3 is 5.97 Å². The number of benzene rings is 1. The standard InChI is InChI=1S/C7H6O3.C7H16/c8-6-4-2-1-3-5(6)7(9)10;1-3-5-7-6-4-2/h1-4,8H,(H,9,10);3-7H2,1-2H3. The van der Waals surface area contributed by atoms with Crippen LogP contribution in [0.2, 0.25) is 0 Å². The van der Waals surface area contributed by atoms with Crippen LogP contribution >= 0.6 is 0 Å². The van der Waals surface area contributed by atoms with Crippen molar-refractivity contribution in [3.05, 3.63) is 29.8 Å². The van der Waals surface area contributed by atoms with Gasteiger partial charge in [-0.2, -0.15) is 0 Å². The van der Waals surface area contributed by atoms with Gasteiger partial charge in [0.15, 0.2) is 0 Å². The van der Waals surface area contributed by atoms with Crippen LogP contribution < -0.4 is 0 Å². The minimum absolute atomic E-state index is 0.0671. The van der Waals surface area contributed by atoms with Crippen molar-refractivity contribution < 1.29 is 15.0 Å². The molecule has 0 atom stereocenters. The zero-order valence-electron chi connectivity index (χ0n) is 10.6. The molecule has 0 unspecified atom stereocenters. The molecule has 1 rings (SSSR count). The first-order valence-corrected chi connectivity index (χ1v) is 6.14. The lowest BCUT2D eigenvalue weighted by Crippen LogP contribution is -1.95. The Kier molecular flexibility index (Phi) is 8.84. The van der Waals surface area contributed by atoms with Crippen LogP contribution in [0.1, 0.15) is 56.3 Å². The SMILES string of the molecule is CCCCCCC.O=C(O)c1ccccc1O. The first kappa shape index (κ1) is 15.5. The number of rotatable bonds is 5. The van der Waals surface area contributed by atoms with E-state index < -0.39 is 5.97 Å². The van der Waals surface area contributed by atoms with E-state index in [9.17, 15) is 4.79 Å². The molecular weight excluding hydrogens is 216 g/mol. The third-order valence-electron chi connectivity index (χ3n) is 2.34.